The maximum Gasteiger partial charge on any atom is 0.262 e. The molecule has 0 aromatic heterocycles. The Hall–Kier alpha value is -2.39. The zero-order valence-electron chi connectivity index (χ0n) is 10.0. The van der Waals surface area contributed by atoms with E-state index in [-0.39, 0.29) is 0 Å². The summed E-state index contributed by atoms with van der Waals surface area (Å²) in [6, 6.07) is 10.1. The van der Waals surface area contributed by atoms with E-state index in [1.54, 1.807) is 0 Å². The summed E-state index contributed by atoms with van der Waals surface area (Å²) < 4.78 is 14.0. The molecule has 0 fully saturated rings. The number of amides is 1. The molecule has 0 bridgehead atoms. The lowest BCUT2D eigenvalue weighted by atomic mass is 10.1. The van der Waals surface area contributed by atoms with Crippen LogP contribution in [0.2, 0.25) is 0 Å². The number of aromatic hydroxyl groups is 1. The van der Waals surface area contributed by atoms with E-state index < -0.39 is 23.0 Å². The molecule has 0 saturated heterocycles. The fourth-order valence-electron chi connectivity index (χ4n) is 1.61. The van der Waals surface area contributed by atoms with Gasteiger partial charge in [0.05, 0.1) is 17.3 Å². The van der Waals surface area contributed by atoms with Gasteiger partial charge < -0.3 is 10.4 Å². The van der Waals surface area contributed by atoms with Crippen LogP contribution in [0.15, 0.2) is 40.9 Å². The third kappa shape index (κ3) is 2.78. The predicted octanol–water partition coefficient (Wildman–Crippen LogP) is 3.42. The summed E-state index contributed by atoms with van der Waals surface area (Å²) in [7, 11) is 0. The van der Waals surface area contributed by atoms with E-state index in [4.69, 9.17) is 5.26 Å². The number of hydrogen-bond donors (Lipinski definition) is 2. The molecule has 0 unspecified atom stereocenters. The molecular weight excluding hydrogens is 327 g/mol. The maximum atomic E-state index is 13.5. The lowest BCUT2D eigenvalue weighted by molar-refractivity contribution is 0.102. The first-order valence-electron chi connectivity index (χ1n) is 5.51. The highest BCUT2D eigenvalue weighted by Gasteiger charge is 2.17. The Morgan fingerprint density at radius 3 is 2.70 bits per heavy atom. The van der Waals surface area contributed by atoms with E-state index in [1.807, 2.05) is 6.07 Å². The Labute approximate surface area is 122 Å². The quantitative estimate of drug-likeness (QED) is 0.883. The summed E-state index contributed by atoms with van der Waals surface area (Å²) in [4.78, 5) is 12.0. The van der Waals surface area contributed by atoms with Gasteiger partial charge in [-0.25, -0.2) is 4.39 Å². The summed E-state index contributed by atoms with van der Waals surface area (Å²) in [5.74, 6) is -2.02. The zero-order chi connectivity index (χ0) is 14.7. The van der Waals surface area contributed by atoms with Crippen molar-refractivity contribution in [1.82, 2.24) is 0 Å². The Bertz CT molecular complexity index is 705. The number of carbonyl (C=O) groups excluding carboxylic acids is 1. The highest BCUT2D eigenvalue weighted by Crippen LogP contribution is 2.26. The van der Waals surface area contributed by atoms with Crippen molar-refractivity contribution in [2.75, 3.05) is 5.32 Å². The van der Waals surface area contributed by atoms with Gasteiger partial charge in [-0.15, -0.1) is 0 Å². The van der Waals surface area contributed by atoms with Gasteiger partial charge in [-0.2, -0.15) is 5.26 Å². The molecular formula is C14H8BrFN2O2. The van der Waals surface area contributed by atoms with Crippen LogP contribution in [0.1, 0.15) is 15.9 Å². The number of nitrogens with one attached hydrogen (secondary N) is 1. The maximum absolute atomic E-state index is 13.5. The Morgan fingerprint density at radius 1 is 1.35 bits per heavy atom. The molecule has 20 heavy (non-hydrogen) atoms. The van der Waals surface area contributed by atoms with Crippen LogP contribution in [-0.2, 0) is 0 Å². The van der Waals surface area contributed by atoms with E-state index in [9.17, 15) is 14.3 Å². The van der Waals surface area contributed by atoms with E-state index in [0.29, 0.717) is 15.7 Å². The molecule has 2 rings (SSSR count). The number of benzene rings is 2. The highest BCUT2D eigenvalue weighted by atomic mass is 79.9. The number of rotatable bonds is 2. The molecule has 2 aromatic rings. The number of anilines is 1. The third-order valence-corrected chi connectivity index (χ3v) is 3.22. The largest absolute Gasteiger partial charge is 0.507 e. The first-order chi connectivity index (χ1) is 9.52. The molecule has 1 amide bonds. The zero-order valence-corrected chi connectivity index (χ0v) is 11.6. The van der Waals surface area contributed by atoms with Gasteiger partial charge in [-0.1, -0.05) is 6.07 Å². The SMILES string of the molecule is N#Cc1ccc(NC(=O)c2c(O)cccc2F)c(Br)c1. The monoisotopic (exact) mass is 334 g/mol. The molecule has 0 radical (unpaired) electrons. The number of phenolic OH excluding ortho intramolecular Hbond substituents is 1. The average Bonchev–Trinajstić information content (AvgIpc) is 2.41. The third-order valence-electron chi connectivity index (χ3n) is 2.57. The topological polar surface area (TPSA) is 73.1 Å². The number of phenols is 1. The first kappa shape index (κ1) is 14.0. The van der Waals surface area contributed by atoms with Crippen molar-refractivity contribution in [3.63, 3.8) is 0 Å². The fraction of sp³-hybridized carbons (Fsp3) is 0. The molecule has 100 valence electrons. The second-order valence-electron chi connectivity index (χ2n) is 3.89. The van der Waals surface area contributed by atoms with Crippen molar-refractivity contribution in [2.45, 2.75) is 0 Å². The van der Waals surface area contributed by atoms with Crippen molar-refractivity contribution in [3.8, 4) is 11.8 Å². The molecule has 0 aliphatic carbocycles. The summed E-state index contributed by atoms with van der Waals surface area (Å²) in [6.07, 6.45) is 0. The minimum atomic E-state index is -0.813. The molecule has 6 heteroatoms. The Kier molecular flexibility index (Phi) is 4.01. The number of halogens is 2. The second kappa shape index (κ2) is 5.72. The van der Waals surface area contributed by atoms with Crippen LogP contribution >= 0.6 is 15.9 Å². The average molecular weight is 335 g/mol. The smallest absolute Gasteiger partial charge is 0.262 e. The molecule has 0 aliphatic heterocycles. The number of hydrogen-bond acceptors (Lipinski definition) is 3. The number of nitriles is 1. The normalized spacial score (nSPS) is 9.85. The van der Waals surface area contributed by atoms with Crippen molar-refractivity contribution in [1.29, 1.82) is 5.26 Å². The second-order valence-corrected chi connectivity index (χ2v) is 4.75. The van der Waals surface area contributed by atoms with Crippen LogP contribution < -0.4 is 5.32 Å². The van der Waals surface area contributed by atoms with Gasteiger partial charge in [0, 0.05) is 4.47 Å². The van der Waals surface area contributed by atoms with Gasteiger partial charge in [-0.05, 0) is 46.3 Å². The molecule has 0 spiro atoms. The Morgan fingerprint density at radius 2 is 2.10 bits per heavy atom. The Balaban J connectivity index is 2.31. The van der Waals surface area contributed by atoms with E-state index in [2.05, 4.69) is 21.2 Å². The van der Waals surface area contributed by atoms with Gasteiger partial charge in [-0.3, -0.25) is 4.79 Å². The van der Waals surface area contributed by atoms with Crippen LogP contribution in [0.25, 0.3) is 0 Å². The van der Waals surface area contributed by atoms with Crippen molar-refractivity contribution in [2.24, 2.45) is 0 Å². The van der Waals surface area contributed by atoms with Gasteiger partial charge in [0.2, 0.25) is 0 Å². The highest BCUT2D eigenvalue weighted by molar-refractivity contribution is 9.10. The van der Waals surface area contributed by atoms with E-state index in [0.717, 1.165) is 6.07 Å². The van der Waals surface area contributed by atoms with Crippen LogP contribution in [0.3, 0.4) is 0 Å². The van der Waals surface area contributed by atoms with Crippen LogP contribution in [0.4, 0.5) is 10.1 Å². The van der Waals surface area contributed by atoms with E-state index >= 15 is 0 Å². The summed E-state index contributed by atoms with van der Waals surface area (Å²) >= 11 is 3.20. The first-order valence-corrected chi connectivity index (χ1v) is 6.30. The van der Waals surface area contributed by atoms with Crippen LogP contribution in [0.5, 0.6) is 5.75 Å². The van der Waals surface area contributed by atoms with Gasteiger partial charge in [0.1, 0.15) is 17.1 Å². The molecule has 2 aromatic carbocycles. The fourth-order valence-corrected chi connectivity index (χ4v) is 2.09. The minimum absolute atomic E-state index is 0.372. The minimum Gasteiger partial charge on any atom is -0.507 e. The predicted molar refractivity (Wildman–Crippen MR) is 74.9 cm³/mol. The van der Waals surface area contributed by atoms with Gasteiger partial charge >= 0.3 is 0 Å². The van der Waals surface area contributed by atoms with Crippen LogP contribution in [-0.4, -0.2) is 11.0 Å². The molecule has 0 atom stereocenters. The van der Waals surface area contributed by atoms with Gasteiger partial charge in [0.15, 0.2) is 0 Å². The molecule has 0 saturated carbocycles. The summed E-state index contributed by atoms with van der Waals surface area (Å²) in [5.41, 5.74) is 0.365. The molecule has 2 N–H and O–H groups in total. The van der Waals surface area contributed by atoms with Gasteiger partial charge in [0.25, 0.3) is 5.91 Å². The van der Waals surface area contributed by atoms with Crippen molar-refractivity contribution >= 4 is 27.5 Å². The summed E-state index contributed by atoms with van der Waals surface area (Å²) in [5, 5.41) is 20.7. The van der Waals surface area contributed by atoms with Crippen molar-refractivity contribution < 1.29 is 14.3 Å². The van der Waals surface area contributed by atoms with Crippen molar-refractivity contribution in [3.05, 3.63) is 57.8 Å². The molecule has 0 aliphatic rings. The lowest BCUT2D eigenvalue weighted by Crippen LogP contribution is -2.14. The number of nitrogens with zero attached hydrogens (tertiary/aromatic N) is 1. The summed E-state index contributed by atoms with van der Waals surface area (Å²) in [6.45, 7) is 0. The van der Waals surface area contributed by atoms with Crippen LogP contribution in [0, 0.1) is 17.1 Å². The molecule has 4 nitrogen and oxygen atoms in total. The van der Waals surface area contributed by atoms with E-state index in [1.165, 1.54) is 30.3 Å². The standard InChI is InChI=1S/C14H8BrFN2O2/c15-9-6-8(7-17)4-5-11(9)18-14(20)13-10(16)2-1-3-12(13)19/h1-6,19H,(H,18,20). The number of carbonyl (C=O) groups is 1. The molecule has 0 heterocycles. The lowest BCUT2D eigenvalue weighted by Gasteiger charge is -2.09.